The van der Waals surface area contributed by atoms with E-state index in [1.807, 2.05) is 23.1 Å². The van der Waals surface area contributed by atoms with Crippen LogP contribution in [0.2, 0.25) is 0 Å². The summed E-state index contributed by atoms with van der Waals surface area (Å²) in [7, 11) is 1.67. The first kappa shape index (κ1) is 21.2. The van der Waals surface area contributed by atoms with E-state index in [4.69, 9.17) is 4.74 Å². The van der Waals surface area contributed by atoms with Crippen LogP contribution in [0.15, 0.2) is 49.2 Å². The minimum absolute atomic E-state index is 0.0477. The van der Waals surface area contributed by atoms with Gasteiger partial charge in [0.05, 0.1) is 7.11 Å². The minimum Gasteiger partial charge on any atom is -0.497 e. The minimum atomic E-state index is -0.0477. The van der Waals surface area contributed by atoms with Gasteiger partial charge in [0, 0.05) is 57.2 Å². The van der Waals surface area contributed by atoms with Gasteiger partial charge in [-0.3, -0.25) is 9.36 Å². The number of piperazine rings is 1. The SMILES string of the molecule is COc1ccc(N2CCN(C(=O)c3cn(-c4cc(N5CCCCC5)ncn4)cn3)CC2)cc1. The van der Waals surface area contributed by atoms with Crippen molar-refractivity contribution in [1.82, 2.24) is 24.4 Å². The van der Waals surface area contributed by atoms with Gasteiger partial charge in [-0.05, 0) is 43.5 Å². The Morgan fingerprint density at radius 2 is 1.58 bits per heavy atom. The Morgan fingerprint density at radius 3 is 2.30 bits per heavy atom. The Bertz CT molecular complexity index is 1080. The number of imidazole rings is 1. The number of piperidine rings is 1. The lowest BCUT2D eigenvalue weighted by Crippen LogP contribution is -2.48. The van der Waals surface area contributed by atoms with E-state index >= 15 is 0 Å². The molecule has 4 heterocycles. The summed E-state index contributed by atoms with van der Waals surface area (Å²) in [6.45, 7) is 4.92. The highest BCUT2D eigenvalue weighted by Gasteiger charge is 2.24. The van der Waals surface area contributed by atoms with Crippen LogP contribution in [-0.2, 0) is 0 Å². The van der Waals surface area contributed by atoms with E-state index < -0.39 is 0 Å². The standard InChI is InChI=1S/C24H29N7O2/c1-33-20-7-5-19(6-8-20)28-11-13-30(14-12-28)24(32)21-16-31(18-27-21)23-15-22(25-17-26-23)29-9-3-2-4-10-29/h5-8,15-18H,2-4,9-14H2,1H3. The van der Waals surface area contributed by atoms with E-state index in [0.29, 0.717) is 18.8 Å². The fraction of sp³-hybridized carbons (Fsp3) is 0.417. The number of aromatic nitrogens is 4. The van der Waals surface area contributed by atoms with Crippen LogP contribution in [0.5, 0.6) is 5.75 Å². The summed E-state index contributed by atoms with van der Waals surface area (Å²) < 4.78 is 7.04. The lowest BCUT2D eigenvalue weighted by Gasteiger charge is -2.35. The highest BCUT2D eigenvalue weighted by atomic mass is 16.5. The Morgan fingerprint density at radius 1 is 0.848 bits per heavy atom. The van der Waals surface area contributed by atoms with E-state index in [1.165, 1.54) is 19.3 Å². The number of benzene rings is 1. The average Bonchev–Trinajstić information content (AvgIpc) is 3.40. The molecule has 2 saturated heterocycles. The summed E-state index contributed by atoms with van der Waals surface area (Å²) in [6, 6.07) is 10.00. The molecule has 0 N–H and O–H groups in total. The predicted octanol–water partition coefficient (Wildman–Crippen LogP) is 2.62. The maximum absolute atomic E-state index is 13.1. The van der Waals surface area contributed by atoms with E-state index in [1.54, 1.807) is 30.5 Å². The van der Waals surface area contributed by atoms with Crippen LogP contribution in [-0.4, -0.2) is 76.7 Å². The smallest absolute Gasteiger partial charge is 0.274 e. The molecule has 0 bridgehead atoms. The Kier molecular flexibility index (Phi) is 6.10. The van der Waals surface area contributed by atoms with Gasteiger partial charge in [-0.25, -0.2) is 15.0 Å². The Hall–Kier alpha value is -3.62. The number of carbonyl (C=O) groups excluding carboxylic acids is 1. The number of nitrogens with zero attached hydrogens (tertiary/aromatic N) is 7. The van der Waals surface area contributed by atoms with Gasteiger partial charge in [-0.15, -0.1) is 0 Å². The van der Waals surface area contributed by atoms with Crippen molar-refractivity contribution >= 4 is 17.4 Å². The molecule has 0 aliphatic carbocycles. The molecule has 5 rings (SSSR count). The van der Waals surface area contributed by atoms with Crippen molar-refractivity contribution in [2.24, 2.45) is 0 Å². The molecule has 3 aromatic rings. The number of rotatable bonds is 5. The van der Waals surface area contributed by atoms with Gasteiger partial charge in [0.15, 0.2) is 0 Å². The van der Waals surface area contributed by atoms with Crippen molar-refractivity contribution in [3.8, 4) is 11.6 Å². The van der Waals surface area contributed by atoms with Crippen molar-refractivity contribution in [2.45, 2.75) is 19.3 Å². The monoisotopic (exact) mass is 447 g/mol. The number of hydrogen-bond donors (Lipinski definition) is 0. The molecule has 1 amide bonds. The second kappa shape index (κ2) is 9.48. The first-order chi connectivity index (χ1) is 16.2. The molecular weight excluding hydrogens is 418 g/mol. The van der Waals surface area contributed by atoms with Gasteiger partial charge < -0.3 is 19.4 Å². The predicted molar refractivity (Wildman–Crippen MR) is 126 cm³/mol. The third kappa shape index (κ3) is 4.62. The zero-order valence-electron chi connectivity index (χ0n) is 18.9. The van der Waals surface area contributed by atoms with Crippen LogP contribution < -0.4 is 14.5 Å². The van der Waals surface area contributed by atoms with Crippen molar-refractivity contribution < 1.29 is 9.53 Å². The number of amides is 1. The van der Waals surface area contributed by atoms with Crippen LogP contribution in [0, 0.1) is 0 Å². The lowest BCUT2D eigenvalue weighted by atomic mass is 10.1. The molecule has 0 spiro atoms. The molecule has 1 aromatic carbocycles. The van der Waals surface area contributed by atoms with Crippen molar-refractivity contribution in [3.05, 3.63) is 54.9 Å². The number of anilines is 2. The zero-order valence-corrected chi connectivity index (χ0v) is 18.9. The summed E-state index contributed by atoms with van der Waals surface area (Å²) in [5.74, 6) is 2.45. The normalized spacial score (nSPS) is 16.7. The molecule has 2 aliphatic heterocycles. The largest absolute Gasteiger partial charge is 0.497 e. The van der Waals surface area contributed by atoms with Crippen LogP contribution in [0.3, 0.4) is 0 Å². The number of carbonyl (C=O) groups is 1. The van der Waals surface area contributed by atoms with Gasteiger partial charge in [0.1, 0.15) is 35.7 Å². The summed E-state index contributed by atoms with van der Waals surface area (Å²) in [6.07, 6.45) is 8.65. The Labute approximate surface area is 193 Å². The molecule has 0 radical (unpaired) electrons. The van der Waals surface area contributed by atoms with Crippen LogP contribution in [0.4, 0.5) is 11.5 Å². The highest BCUT2D eigenvalue weighted by Crippen LogP contribution is 2.22. The van der Waals surface area contributed by atoms with E-state index in [9.17, 15) is 4.79 Å². The van der Waals surface area contributed by atoms with Crippen LogP contribution in [0.1, 0.15) is 29.8 Å². The molecule has 9 heteroatoms. The quantitative estimate of drug-likeness (QED) is 0.595. The first-order valence-corrected chi connectivity index (χ1v) is 11.5. The van der Waals surface area contributed by atoms with E-state index in [-0.39, 0.29) is 5.91 Å². The third-order valence-electron chi connectivity index (χ3n) is 6.39. The molecule has 0 atom stereocenters. The van der Waals surface area contributed by atoms with Gasteiger partial charge >= 0.3 is 0 Å². The topological polar surface area (TPSA) is 79.6 Å². The third-order valence-corrected chi connectivity index (χ3v) is 6.39. The average molecular weight is 448 g/mol. The van der Waals surface area contributed by atoms with Crippen molar-refractivity contribution in [3.63, 3.8) is 0 Å². The molecular formula is C24H29N7O2. The fourth-order valence-corrected chi connectivity index (χ4v) is 4.46. The molecule has 2 aliphatic rings. The second-order valence-electron chi connectivity index (χ2n) is 8.43. The van der Waals surface area contributed by atoms with E-state index in [2.05, 4.69) is 36.9 Å². The van der Waals surface area contributed by atoms with Gasteiger partial charge in [0.25, 0.3) is 5.91 Å². The zero-order chi connectivity index (χ0) is 22.6. The van der Waals surface area contributed by atoms with Gasteiger partial charge in [-0.1, -0.05) is 0 Å². The number of hydrogen-bond acceptors (Lipinski definition) is 7. The summed E-state index contributed by atoms with van der Waals surface area (Å²) >= 11 is 0. The van der Waals surface area contributed by atoms with Crippen LogP contribution in [0.25, 0.3) is 5.82 Å². The van der Waals surface area contributed by atoms with Gasteiger partial charge in [0.2, 0.25) is 0 Å². The summed E-state index contributed by atoms with van der Waals surface area (Å²) in [5, 5.41) is 0. The van der Waals surface area contributed by atoms with Crippen LogP contribution >= 0.6 is 0 Å². The maximum Gasteiger partial charge on any atom is 0.274 e. The van der Waals surface area contributed by atoms with E-state index in [0.717, 1.165) is 49.3 Å². The number of ether oxygens (including phenoxy) is 1. The number of methoxy groups -OCH3 is 1. The summed E-state index contributed by atoms with van der Waals surface area (Å²) in [4.78, 5) is 32.7. The van der Waals surface area contributed by atoms with Gasteiger partial charge in [-0.2, -0.15) is 0 Å². The molecule has 172 valence electrons. The highest BCUT2D eigenvalue weighted by molar-refractivity contribution is 5.92. The molecule has 33 heavy (non-hydrogen) atoms. The molecule has 0 unspecified atom stereocenters. The maximum atomic E-state index is 13.1. The summed E-state index contributed by atoms with van der Waals surface area (Å²) in [5.41, 5.74) is 1.58. The lowest BCUT2D eigenvalue weighted by molar-refractivity contribution is 0.0741. The molecule has 9 nitrogen and oxygen atoms in total. The molecule has 0 saturated carbocycles. The Balaban J connectivity index is 1.22. The van der Waals surface area contributed by atoms with Crippen molar-refractivity contribution in [1.29, 1.82) is 0 Å². The molecule has 2 fully saturated rings. The first-order valence-electron chi connectivity index (χ1n) is 11.5. The van der Waals surface area contributed by atoms with Crippen molar-refractivity contribution in [2.75, 3.05) is 56.2 Å². The molecule has 2 aromatic heterocycles. The fourth-order valence-electron chi connectivity index (χ4n) is 4.46. The second-order valence-corrected chi connectivity index (χ2v) is 8.43.